The molecule has 0 spiro atoms. The van der Waals surface area contributed by atoms with Crippen LogP contribution in [0.25, 0.3) is 0 Å². The summed E-state index contributed by atoms with van der Waals surface area (Å²) in [5.41, 5.74) is 0. The van der Waals surface area contributed by atoms with E-state index in [4.69, 9.17) is 3.87 Å². The quantitative estimate of drug-likeness (QED) is 0.473. The Hall–Kier alpha value is 1.94. The van der Waals surface area contributed by atoms with Crippen LogP contribution in [0.2, 0.25) is 0 Å². The van der Waals surface area contributed by atoms with Crippen molar-refractivity contribution in [2.45, 2.75) is 0 Å². The van der Waals surface area contributed by atoms with Gasteiger partial charge in [0.05, 0.1) is 0 Å². The van der Waals surface area contributed by atoms with E-state index in [1.54, 1.807) is 0 Å². The molecule has 0 aromatic rings. The van der Waals surface area contributed by atoms with Crippen LogP contribution in [0.5, 0.6) is 0 Å². The molecule has 5 heteroatoms. The standard InChI is InChI=1S/Co.Fe.Li.Mn.O. The first kappa shape index (κ1) is 28.3. The SMILES string of the molecule is [Fe].[Li].[Mn].[O]=[Co]. The molecule has 0 aliphatic carbocycles. The van der Waals surface area contributed by atoms with Crippen molar-refractivity contribution in [3.05, 3.63) is 0 Å². The Morgan fingerprint density at radius 3 is 1.20 bits per heavy atom. The van der Waals surface area contributed by atoms with E-state index in [2.05, 4.69) is 15.7 Å². The van der Waals surface area contributed by atoms with E-state index < -0.39 is 0 Å². The molecule has 0 atom stereocenters. The number of hydrogen-bond donors (Lipinski definition) is 0. The monoisotopic (exact) mass is 193 g/mol. The van der Waals surface area contributed by atoms with Crippen molar-refractivity contribution in [1.29, 1.82) is 0 Å². The Morgan fingerprint density at radius 1 is 1.20 bits per heavy atom. The molecule has 0 aliphatic rings. The van der Waals surface area contributed by atoms with Crippen LogP contribution in [0, 0.1) is 0 Å². The van der Waals surface area contributed by atoms with Crippen molar-refractivity contribution in [2.75, 3.05) is 0 Å². The normalized spacial score (nSPS) is 1.00. The first-order valence-electron chi connectivity index (χ1n) is 0.136. The van der Waals surface area contributed by atoms with Crippen LogP contribution < -0.4 is 0 Å². The van der Waals surface area contributed by atoms with Gasteiger partial charge in [-0.05, 0) is 0 Å². The molecule has 0 rings (SSSR count). The Morgan fingerprint density at radius 2 is 1.20 bits per heavy atom. The van der Waals surface area contributed by atoms with Crippen molar-refractivity contribution in [1.82, 2.24) is 0 Å². The number of hydrogen-bond acceptors (Lipinski definition) is 1. The fraction of sp³-hybridized carbons (Fsp3) is 0. The molecule has 2 radical (unpaired) electrons. The summed E-state index contributed by atoms with van der Waals surface area (Å²) in [5.74, 6) is 0. The summed E-state index contributed by atoms with van der Waals surface area (Å²) >= 11 is 2.31. The maximum absolute atomic E-state index is 7.94. The summed E-state index contributed by atoms with van der Waals surface area (Å²) in [7, 11) is 0. The molecule has 0 aliphatic heterocycles. The summed E-state index contributed by atoms with van der Waals surface area (Å²) in [6, 6.07) is 0. The van der Waals surface area contributed by atoms with Gasteiger partial charge in [-0.15, -0.1) is 0 Å². The summed E-state index contributed by atoms with van der Waals surface area (Å²) in [6.07, 6.45) is 0. The predicted octanol–water partition coefficient (Wildman–Crippen LogP) is -0.507. The maximum atomic E-state index is 7.94. The molecular weight excluding hydrogens is 193 g/mol. The van der Waals surface area contributed by atoms with Crippen LogP contribution in [-0.2, 0) is 53.7 Å². The number of rotatable bonds is 0. The Labute approximate surface area is 71.9 Å². The fourth-order valence-corrected chi connectivity index (χ4v) is 0. The Bertz CT molecular complexity index is 11.6. The van der Waals surface area contributed by atoms with Crippen LogP contribution in [0.3, 0.4) is 0 Å². The Balaban J connectivity index is -0.00000000167. The molecule has 1 nitrogen and oxygen atoms in total. The van der Waals surface area contributed by atoms with E-state index in [-0.39, 0.29) is 53.0 Å². The van der Waals surface area contributed by atoms with Crippen LogP contribution in [-0.4, -0.2) is 18.9 Å². The van der Waals surface area contributed by atoms with E-state index in [0.29, 0.717) is 0 Å². The van der Waals surface area contributed by atoms with Gasteiger partial charge in [-0.1, -0.05) is 0 Å². The van der Waals surface area contributed by atoms with E-state index in [0.717, 1.165) is 0 Å². The van der Waals surface area contributed by atoms with Crippen LogP contribution >= 0.6 is 0 Å². The summed E-state index contributed by atoms with van der Waals surface area (Å²) in [5, 5.41) is 0. The van der Waals surface area contributed by atoms with Gasteiger partial charge in [0.15, 0.2) is 0 Å². The van der Waals surface area contributed by atoms with Gasteiger partial charge >= 0.3 is 19.5 Å². The molecule has 0 unspecified atom stereocenters. The molecule has 0 saturated carbocycles. The van der Waals surface area contributed by atoms with E-state index in [9.17, 15) is 0 Å². The molecule has 0 saturated heterocycles. The molecule has 0 aromatic heterocycles. The second kappa shape index (κ2) is 38.5. The van der Waals surface area contributed by atoms with Crippen molar-refractivity contribution in [2.24, 2.45) is 0 Å². The van der Waals surface area contributed by atoms with Crippen LogP contribution in [0.15, 0.2) is 0 Å². The average molecular weight is 193 g/mol. The van der Waals surface area contributed by atoms with Gasteiger partial charge in [-0.2, -0.15) is 0 Å². The molecular formula is CoFeLiMnO. The molecule has 0 N–H and O–H groups in total. The van der Waals surface area contributed by atoms with Gasteiger partial charge in [0, 0.05) is 53.0 Å². The van der Waals surface area contributed by atoms with E-state index in [1.807, 2.05) is 0 Å². The van der Waals surface area contributed by atoms with E-state index in [1.165, 1.54) is 0 Å². The second-order valence-corrected chi connectivity index (χ2v) is 0. The van der Waals surface area contributed by atoms with Gasteiger partial charge in [0.2, 0.25) is 0 Å². The van der Waals surface area contributed by atoms with Gasteiger partial charge in [0.25, 0.3) is 0 Å². The van der Waals surface area contributed by atoms with Crippen molar-refractivity contribution in [3.63, 3.8) is 0 Å². The zero-order valence-electron chi connectivity index (χ0n) is 2.47. The van der Waals surface area contributed by atoms with Gasteiger partial charge in [-0.25, -0.2) is 0 Å². The van der Waals surface area contributed by atoms with Crippen molar-refractivity contribution >= 4 is 18.9 Å². The van der Waals surface area contributed by atoms with Gasteiger partial charge < -0.3 is 0 Å². The molecule has 0 amide bonds. The van der Waals surface area contributed by atoms with Gasteiger partial charge in [0.1, 0.15) is 0 Å². The topological polar surface area (TPSA) is 17.1 Å². The summed E-state index contributed by atoms with van der Waals surface area (Å²) in [4.78, 5) is 0. The molecule has 0 bridgehead atoms. The molecule has 31 valence electrons. The molecule has 5 heavy (non-hydrogen) atoms. The third kappa shape index (κ3) is 24.5. The first-order valence-corrected chi connectivity index (χ1v) is 0.561. The van der Waals surface area contributed by atoms with Crippen LogP contribution in [0.1, 0.15) is 0 Å². The summed E-state index contributed by atoms with van der Waals surface area (Å²) < 4.78 is 7.94. The fourth-order valence-electron chi connectivity index (χ4n) is 0. The third-order valence-corrected chi connectivity index (χ3v) is 0. The molecule has 0 heterocycles. The third-order valence-electron chi connectivity index (χ3n) is 0. The van der Waals surface area contributed by atoms with Crippen molar-refractivity contribution < 1.29 is 53.7 Å². The van der Waals surface area contributed by atoms with Crippen molar-refractivity contribution in [3.8, 4) is 0 Å². The average Bonchev–Trinajstić information content (AvgIpc) is 1.00. The zero-order chi connectivity index (χ0) is 2.00. The van der Waals surface area contributed by atoms with Gasteiger partial charge in [-0.3, -0.25) is 0 Å². The van der Waals surface area contributed by atoms with E-state index >= 15 is 0 Å². The zero-order valence-corrected chi connectivity index (χ0v) is 5.80. The molecule has 0 aromatic carbocycles. The second-order valence-electron chi connectivity index (χ2n) is 0. The van der Waals surface area contributed by atoms with Crippen LogP contribution in [0.4, 0.5) is 0 Å². The minimum absolute atomic E-state index is 0. The summed E-state index contributed by atoms with van der Waals surface area (Å²) in [6.45, 7) is 0. The predicted molar refractivity (Wildman–Crippen MR) is 6.44 cm³/mol. The minimum atomic E-state index is 0. The molecule has 0 fully saturated rings. The Kier molecular flexibility index (Phi) is 218. The first-order chi connectivity index (χ1) is 1.00.